The van der Waals surface area contributed by atoms with Crippen LogP contribution < -0.4 is 10.1 Å². The first-order valence-corrected chi connectivity index (χ1v) is 6.99. The van der Waals surface area contributed by atoms with Gasteiger partial charge in [0.25, 0.3) is 5.88 Å². The van der Waals surface area contributed by atoms with Crippen LogP contribution in [0.1, 0.15) is 13.3 Å². The van der Waals surface area contributed by atoms with Crippen LogP contribution in [-0.4, -0.2) is 11.5 Å². The van der Waals surface area contributed by atoms with E-state index in [9.17, 15) is 8.78 Å². The lowest BCUT2D eigenvalue weighted by Gasteiger charge is -2.10. The molecule has 0 saturated carbocycles. The Kier molecular flexibility index (Phi) is 5.20. The first kappa shape index (κ1) is 15.8. The standard InChI is InChI=1S/C14H12Cl2F2N2O/c1-2-3-19-13-11(17)7-12(18)14(20-13)21-10-5-8(15)4-9(16)6-10/h4-7H,2-3H2,1H3,(H,19,20). The summed E-state index contributed by atoms with van der Waals surface area (Å²) in [4.78, 5) is 3.79. The molecule has 0 aliphatic carbocycles. The van der Waals surface area contributed by atoms with Crippen molar-refractivity contribution < 1.29 is 13.5 Å². The van der Waals surface area contributed by atoms with E-state index in [1.807, 2.05) is 6.92 Å². The van der Waals surface area contributed by atoms with Crippen LogP contribution in [0.5, 0.6) is 11.6 Å². The number of hydrogen-bond acceptors (Lipinski definition) is 3. The zero-order valence-corrected chi connectivity index (χ0v) is 12.6. The Labute approximate surface area is 130 Å². The topological polar surface area (TPSA) is 34.2 Å². The lowest BCUT2D eigenvalue weighted by Crippen LogP contribution is -2.06. The number of aromatic nitrogens is 1. The van der Waals surface area contributed by atoms with Gasteiger partial charge in [-0.2, -0.15) is 4.98 Å². The smallest absolute Gasteiger partial charge is 0.258 e. The van der Waals surface area contributed by atoms with Crippen LogP contribution in [-0.2, 0) is 0 Å². The first-order valence-electron chi connectivity index (χ1n) is 6.23. The van der Waals surface area contributed by atoms with E-state index in [4.69, 9.17) is 27.9 Å². The third-order valence-corrected chi connectivity index (χ3v) is 2.93. The summed E-state index contributed by atoms with van der Waals surface area (Å²) in [7, 11) is 0. The van der Waals surface area contributed by atoms with Gasteiger partial charge in [0.2, 0.25) is 0 Å². The highest BCUT2D eigenvalue weighted by Crippen LogP contribution is 2.30. The molecular weight excluding hydrogens is 321 g/mol. The molecule has 1 aromatic carbocycles. The van der Waals surface area contributed by atoms with E-state index in [1.165, 1.54) is 18.2 Å². The molecule has 2 rings (SSSR count). The van der Waals surface area contributed by atoms with E-state index in [2.05, 4.69) is 10.3 Å². The Morgan fingerprint density at radius 1 is 1.10 bits per heavy atom. The molecule has 112 valence electrons. The molecule has 0 bridgehead atoms. The van der Waals surface area contributed by atoms with Gasteiger partial charge < -0.3 is 10.1 Å². The van der Waals surface area contributed by atoms with Gasteiger partial charge >= 0.3 is 0 Å². The van der Waals surface area contributed by atoms with Gasteiger partial charge in [0, 0.05) is 22.7 Å². The van der Waals surface area contributed by atoms with Gasteiger partial charge in [-0.05, 0) is 24.6 Å². The molecule has 1 aromatic heterocycles. The third kappa shape index (κ3) is 4.19. The van der Waals surface area contributed by atoms with Crippen molar-refractivity contribution in [2.45, 2.75) is 13.3 Å². The second kappa shape index (κ2) is 6.91. The molecule has 0 aliphatic heterocycles. The number of benzene rings is 1. The Bertz CT molecular complexity index is 633. The second-order valence-corrected chi connectivity index (χ2v) is 5.11. The summed E-state index contributed by atoms with van der Waals surface area (Å²) < 4.78 is 32.6. The summed E-state index contributed by atoms with van der Waals surface area (Å²) in [6.45, 7) is 2.43. The lowest BCUT2D eigenvalue weighted by molar-refractivity contribution is 0.418. The predicted octanol–water partition coefficient (Wildman–Crippen LogP) is 5.28. The highest BCUT2D eigenvalue weighted by Gasteiger charge is 2.14. The van der Waals surface area contributed by atoms with E-state index in [1.54, 1.807) is 0 Å². The van der Waals surface area contributed by atoms with Gasteiger partial charge in [-0.3, -0.25) is 0 Å². The molecule has 0 unspecified atom stereocenters. The van der Waals surface area contributed by atoms with Gasteiger partial charge in [-0.25, -0.2) is 8.78 Å². The van der Waals surface area contributed by atoms with Gasteiger partial charge in [-0.15, -0.1) is 0 Å². The third-order valence-electron chi connectivity index (χ3n) is 2.49. The largest absolute Gasteiger partial charge is 0.436 e. The summed E-state index contributed by atoms with van der Waals surface area (Å²) in [6.07, 6.45) is 0.776. The van der Waals surface area contributed by atoms with Crippen LogP contribution in [0.4, 0.5) is 14.6 Å². The maximum atomic E-state index is 13.7. The number of pyridine rings is 1. The molecule has 1 N–H and O–H groups in total. The molecule has 0 amide bonds. The molecule has 0 radical (unpaired) electrons. The normalized spacial score (nSPS) is 10.5. The van der Waals surface area contributed by atoms with Crippen molar-refractivity contribution in [1.29, 1.82) is 0 Å². The number of ether oxygens (including phenoxy) is 1. The fourth-order valence-corrected chi connectivity index (χ4v) is 2.09. The summed E-state index contributed by atoms with van der Waals surface area (Å²) >= 11 is 11.7. The molecule has 2 aromatic rings. The molecule has 0 atom stereocenters. The first-order chi connectivity index (χ1) is 9.99. The molecule has 0 fully saturated rings. The molecule has 21 heavy (non-hydrogen) atoms. The van der Waals surface area contributed by atoms with E-state index in [0.717, 1.165) is 6.42 Å². The van der Waals surface area contributed by atoms with Gasteiger partial charge in [-0.1, -0.05) is 30.1 Å². The van der Waals surface area contributed by atoms with Crippen molar-refractivity contribution in [2.75, 3.05) is 11.9 Å². The van der Waals surface area contributed by atoms with E-state index >= 15 is 0 Å². The van der Waals surface area contributed by atoms with Crippen molar-refractivity contribution in [1.82, 2.24) is 4.98 Å². The van der Waals surface area contributed by atoms with Crippen molar-refractivity contribution in [3.05, 3.63) is 45.9 Å². The average Bonchev–Trinajstić information content (AvgIpc) is 2.39. The Morgan fingerprint density at radius 2 is 1.76 bits per heavy atom. The minimum absolute atomic E-state index is 0.0682. The SMILES string of the molecule is CCCNc1nc(Oc2cc(Cl)cc(Cl)c2)c(F)cc1F. The number of anilines is 1. The highest BCUT2D eigenvalue weighted by molar-refractivity contribution is 6.34. The molecular formula is C14H12Cl2F2N2O. The van der Waals surface area contributed by atoms with Crippen LogP contribution in [0.25, 0.3) is 0 Å². The number of nitrogens with one attached hydrogen (secondary N) is 1. The van der Waals surface area contributed by atoms with Crippen LogP contribution in [0, 0.1) is 11.6 Å². The van der Waals surface area contributed by atoms with Crippen LogP contribution in [0.2, 0.25) is 10.0 Å². The van der Waals surface area contributed by atoms with Gasteiger partial charge in [0.05, 0.1) is 0 Å². The molecule has 0 spiro atoms. The summed E-state index contributed by atoms with van der Waals surface area (Å²) in [5.41, 5.74) is 0. The minimum atomic E-state index is -0.911. The quantitative estimate of drug-likeness (QED) is 0.808. The molecule has 3 nitrogen and oxygen atoms in total. The summed E-state index contributed by atoms with van der Waals surface area (Å²) in [5.74, 6) is -1.90. The Hall–Kier alpha value is -1.59. The van der Waals surface area contributed by atoms with Gasteiger partial charge in [0.1, 0.15) is 5.75 Å². The zero-order valence-electron chi connectivity index (χ0n) is 11.1. The monoisotopic (exact) mass is 332 g/mol. The van der Waals surface area contributed by atoms with E-state index < -0.39 is 11.6 Å². The summed E-state index contributed by atoms with van der Waals surface area (Å²) in [6, 6.07) is 5.14. The van der Waals surface area contributed by atoms with E-state index in [-0.39, 0.29) is 17.4 Å². The summed E-state index contributed by atoms with van der Waals surface area (Å²) in [5, 5.41) is 3.43. The predicted molar refractivity (Wildman–Crippen MR) is 79.5 cm³/mol. The van der Waals surface area contributed by atoms with Crippen LogP contribution >= 0.6 is 23.2 Å². The number of nitrogens with zero attached hydrogens (tertiary/aromatic N) is 1. The second-order valence-electron chi connectivity index (χ2n) is 4.24. The molecule has 0 saturated heterocycles. The molecule has 1 heterocycles. The number of halogens is 4. The van der Waals surface area contributed by atoms with Crippen molar-refractivity contribution in [3.8, 4) is 11.6 Å². The average molecular weight is 333 g/mol. The van der Waals surface area contributed by atoms with Crippen molar-refractivity contribution in [2.24, 2.45) is 0 Å². The van der Waals surface area contributed by atoms with Crippen LogP contribution in [0.15, 0.2) is 24.3 Å². The molecule has 7 heteroatoms. The fourth-order valence-electron chi connectivity index (χ4n) is 1.59. The maximum absolute atomic E-state index is 13.7. The zero-order chi connectivity index (χ0) is 15.4. The molecule has 0 aliphatic rings. The lowest BCUT2D eigenvalue weighted by atomic mass is 10.3. The highest BCUT2D eigenvalue weighted by atomic mass is 35.5. The van der Waals surface area contributed by atoms with E-state index in [0.29, 0.717) is 22.7 Å². The van der Waals surface area contributed by atoms with Gasteiger partial charge in [0.15, 0.2) is 17.5 Å². The maximum Gasteiger partial charge on any atom is 0.258 e. The number of hydrogen-bond donors (Lipinski definition) is 1. The van der Waals surface area contributed by atoms with Crippen molar-refractivity contribution in [3.63, 3.8) is 0 Å². The van der Waals surface area contributed by atoms with Crippen LogP contribution in [0.3, 0.4) is 0 Å². The minimum Gasteiger partial charge on any atom is -0.436 e. The Morgan fingerprint density at radius 3 is 2.38 bits per heavy atom. The fraction of sp³-hybridized carbons (Fsp3) is 0.214. The number of rotatable bonds is 5. The van der Waals surface area contributed by atoms with Crippen molar-refractivity contribution >= 4 is 29.0 Å². The Balaban J connectivity index is 2.30.